The number of nitrogens with zero attached hydrogens (tertiary/aromatic N) is 2. The molecule has 84 valence electrons. The van der Waals surface area contributed by atoms with Crippen molar-refractivity contribution in [2.45, 2.75) is 20.0 Å². The molecule has 6 nitrogen and oxygen atoms in total. The Morgan fingerprint density at radius 3 is 2.87 bits per heavy atom. The number of rotatable bonds is 5. The molecule has 0 aliphatic rings. The van der Waals surface area contributed by atoms with Crippen LogP contribution in [-0.4, -0.2) is 29.8 Å². The number of hydrogen-bond acceptors (Lipinski definition) is 6. The van der Waals surface area contributed by atoms with Gasteiger partial charge in [-0.2, -0.15) is 4.98 Å². The Morgan fingerprint density at radius 2 is 2.27 bits per heavy atom. The number of nitrogens with one attached hydrogen (secondary N) is 1. The number of aryl methyl sites for hydroxylation is 1. The van der Waals surface area contributed by atoms with E-state index >= 15 is 0 Å². The molecular weight excluding hydrogens is 196 g/mol. The summed E-state index contributed by atoms with van der Waals surface area (Å²) in [5, 5.41) is 0. The van der Waals surface area contributed by atoms with Crippen LogP contribution in [-0.2, 0) is 4.74 Å². The highest BCUT2D eigenvalue weighted by Gasteiger charge is 2.06. The van der Waals surface area contributed by atoms with Crippen LogP contribution < -0.4 is 16.0 Å². The molecule has 1 unspecified atom stereocenters. The molecule has 0 aromatic carbocycles. The number of nitrogens with two attached hydrogens (primary N) is 1. The Labute approximate surface area is 88.8 Å². The molecule has 6 heteroatoms. The van der Waals surface area contributed by atoms with Crippen LogP contribution in [0.15, 0.2) is 6.07 Å². The van der Waals surface area contributed by atoms with Crippen molar-refractivity contribution in [3.05, 3.63) is 11.9 Å². The molecule has 1 rings (SSSR count). The molecule has 15 heavy (non-hydrogen) atoms. The van der Waals surface area contributed by atoms with Gasteiger partial charge in [0, 0.05) is 13.2 Å². The first-order valence-electron chi connectivity index (χ1n) is 4.63. The molecule has 0 aliphatic heterocycles. The van der Waals surface area contributed by atoms with Crippen LogP contribution in [0.2, 0.25) is 0 Å². The quantitative estimate of drug-likeness (QED) is 0.546. The number of methoxy groups -OCH3 is 1. The molecule has 0 amide bonds. The van der Waals surface area contributed by atoms with Crippen LogP contribution in [0.1, 0.15) is 12.7 Å². The Hall–Kier alpha value is -1.40. The van der Waals surface area contributed by atoms with E-state index in [0.717, 1.165) is 0 Å². The summed E-state index contributed by atoms with van der Waals surface area (Å²) in [5.74, 6) is 6.87. The predicted molar refractivity (Wildman–Crippen MR) is 56.5 cm³/mol. The van der Waals surface area contributed by atoms with E-state index in [2.05, 4.69) is 15.4 Å². The van der Waals surface area contributed by atoms with Gasteiger partial charge < -0.3 is 14.9 Å². The van der Waals surface area contributed by atoms with Gasteiger partial charge in [-0.1, -0.05) is 0 Å². The van der Waals surface area contributed by atoms with Crippen LogP contribution in [0.25, 0.3) is 0 Å². The van der Waals surface area contributed by atoms with Gasteiger partial charge in [0.25, 0.3) is 0 Å². The van der Waals surface area contributed by atoms with Crippen molar-refractivity contribution in [3.8, 4) is 5.88 Å². The van der Waals surface area contributed by atoms with E-state index in [0.29, 0.717) is 24.1 Å². The standard InChI is InChI=1S/C9H16N4O2/c1-6(5-14-3)15-9-4-8(13-10)11-7(2)12-9/h4,6H,5,10H2,1-3H3,(H,11,12,13). The lowest BCUT2D eigenvalue weighted by atomic mass is 10.4. The number of hydrogen-bond donors (Lipinski definition) is 2. The van der Waals surface area contributed by atoms with Gasteiger partial charge in [0.05, 0.1) is 6.61 Å². The van der Waals surface area contributed by atoms with Gasteiger partial charge in [-0.3, -0.25) is 0 Å². The number of aromatic nitrogens is 2. The molecule has 0 fully saturated rings. The second-order valence-electron chi connectivity index (χ2n) is 3.17. The van der Waals surface area contributed by atoms with E-state index in [-0.39, 0.29) is 6.10 Å². The van der Waals surface area contributed by atoms with Crippen LogP contribution in [0.4, 0.5) is 5.82 Å². The number of nitrogen functional groups attached to an aromatic ring is 1. The van der Waals surface area contributed by atoms with Crippen molar-refractivity contribution in [2.75, 3.05) is 19.1 Å². The van der Waals surface area contributed by atoms with Crippen molar-refractivity contribution >= 4 is 5.82 Å². The van der Waals surface area contributed by atoms with Crippen molar-refractivity contribution in [3.63, 3.8) is 0 Å². The maximum atomic E-state index is 5.51. The van der Waals surface area contributed by atoms with E-state index in [1.165, 1.54) is 0 Å². The lowest BCUT2D eigenvalue weighted by Crippen LogP contribution is -2.19. The van der Waals surface area contributed by atoms with Crippen molar-refractivity contribution in [1.82, 2.24) is 9.97 Å². The van der Waals surface area contributed by atoms with Gasteiger partial charge in [-0.05, 0) is 13.8 Å². The number of hydrazine groups is 1. The molecule has 0 radical (unpaired) electrons. The fourth-order valence-electron chi connectivity index (χ4n) is 1.15. The Balaban J connectivity index is 2.71. The summed E-state index contributed by atoms with van der Waals surface area (Å²) in [6, 6.07) is 1.64. The Morgan fingerprint density at radius 1 is 1.53 bits per heavy atom. The summed E-state index contributed by atoms with van der Waals surface area (Å²) in [4.78, 5) is 8.17. The third kappa shape index (κ3) is 3.69. The molecule has 0 aliphatic carbocycles. The fraction of sp³-hybridized carbons (Fsp3) is 0.556. The SMILES string of the molecule is COCC(C)Oc1cc(NN)nc(C)n1. The zero-order chi connectivity index (χ0) is 11.3. The first kappa shape index (κ1) is 11.7. The molecule has 0 saturated carbocycles. The zero-order valence-electron chi connectivity index (χ0n) is 9.15. The van der Waals surface area contributed by atoms with Gasteiger partial charge in [-0.25, -0.2) is 10.8 Å². The molecule has 3 N–H and O–H groups in total. The second-order valence-corrected chi connectivity index (χ2v) is 3.17. The molecule has 1 aromatic rings. The highest BCUT2D eigenvalue weighted by Crippen LogP contribution is 2.13. The maximum Gasteiger partial charge on any atom is 0.219 e. The van der Waals surface area contributed by atoms with Gasteiger partial charge >= 0.3 is 0 Å². The lowest BCUT2D eigenvalue weighted by Gasteiger charge is -2.13. The Kier molecular flexibility index (Phi) is 4.26. The van der Waals surface area contributed by atoms with Crippen molar-refractivity contribution < 1.29 is 9.47 Å². The zero-order valence-corrected chi connectivity index (χ0v) is 9.15. The number of ether oxygens (including phenoxy) is 2. The summed E-state index contributed by atoms with van der Waals surface area (Å²) in [7, 11) is 1.62. The average Bonchev–Trinajstić information content (AvgIpc) is 2.17. The monoisotopic (exact) mass is 212 g/mol. The van der Waals surface area contributed by atoms with Gasteiger partial charge in [-0.15, -0.1) is 0 Å². The minimum Gasteiger partial charge on any atom is -0.472 e. The first-order chi connectivity index (χ1) is 7.15. The minimum atomic E-state index is -0.0603. The summed E-state index contributed by atoms with van der Waals surface area (Å²) in [5.41, 5.74) is 2.45. The minimum absolute atomic E-state index is 0.0603. The van der Waals surface area contributed by atoms with Crippen LogP contribution in [0.5, 0.6) is 5.88 Å². The van der Waals surface area contributed by atoms with Crippen molar-refractivity contribution in [2.24, 2.45) is 5.84 Å². The van der Waals surface area contributed by atoms with E-state index in [1.54, 1.807) is 20.1 Å². The highest BCUT2D eigenvalue weighted by atomic mass is 16.5. The van der Waals surface area contributed by atoms with Gasteiger partial charge in [0.1, 0.15) is 17.7 Å². The average molecular weight is 212 g/mol. The molecule has 0 saturated heterocycles. The molecule has 1 heterocycles. The predicted octanol–water partition coefficient (Wildman–Crippen LogP) is 0.484. The summed E-state index contributed by atoms with van der Waals surface area (Å²) >= 11 is 0. The van der Waals surface area contributed by atoms with E-state index < -0.39 is 0 Å². The topological polar surface area (TPSA) is 82.3 Å². The van der Waals surface area contributed by atoms with E-state index in [1.807, 2.05) is 6.92 Å². The highest BCUT2D eigenvalue weighted by molar-refractivity contribution is 5.36. The van der Waals surface area contributed by atoms with Gasteiger partial charge in [0.15, 0.2) is 0 Å². The van der Waals surface area contributed by atoms with Crippen LogP contribution >= 0.6 is 0 Å². The first-order valence-corrected chi connectivity index (χ1v) is 4.63. The third-order valence-corrected chi connectivity index (χ3v) is 1.69. The van der Waals surface area contributed by atoms with Crippen LogP contribution in [0, 0.1) is 6.92 Å². The summed E-state index contributed by atoms with van der Waals surface area (Å²) in [6.45, 7) is 4.18. The van der Waals surface area contributed by atoms with Gasteiger partial charge in [0.2, 0.25) is 5.88 Å². The molecular formula is C9H16N4O2. The lowest BCUT2D eigenvalue weighted by molar-refractivity contribution is 0.0888. The van der Waals surface area contributed by atoms with E-state index in [4.69, 9.17) is 15.3 Å². The fourth-order valence-corrected chi connectivity index (χ4v) is 1.15. The summed E-state index contributed by atoms with van der Waals surface area (Å²) < 4.78 is 10.5. The molecule has 1 aromatic heterocycles. The normalized spacial score (nSPS) is 12.3. The molecule has 0 bridgehead atoms. The van der Waals surface area contributed by atoms with E-state index in [9.17, 15) is 0 Å². The van der Waals surface area contributed by atoms with Crippen LogP contribution in [0.3, 0.4) is 0 Å². The summed E-state index contributed by atoms with van der Waals surface area (Å²) in [6.07, 6.45) is -0.0603. The number of anilines is 1. The third-order valence-electron chi connectivity index (χ3n) is 1.69. The Bertz CT molecular complexity index is 319. The van der Waals surface area contributed by atoms with Crippen molar-refractivity contribution in [1.29, 1.82) is 0 Å². The molecule has 0 spiro atoms. The maximum absolute atomic E-state index is 5.51. The largest absolute Gasteiger partial charge is 0.472 e. The smallest absolute Gasteiger partial charge is 0.219 e. The molecule has 1 atom stereocenters. The second kappa shape index (κ2) is 5.47.